The lowest BCUT2D eigenvalue weighted by atomic mass is 10.0. The number of likely N-dealkylation sites (tertiary alicyclic amines) is 1. The van der Waals surface area contributed by atoms with Crippen LogP contribution in [-0.2, 0) is 4.79 Å². The van der Waals surface area contributed by atoms with Crippen LogP contribution in [-0.4, -0.2) is 53.6 Å². The maximum Gasteiger partial charge on any atom is 0.244 e. The van der Waals surface area contributed by atoms with Gasteiger partial charge in [-0.1, -0.05) is 19.8 Å². The highest BCUT2D eigenvalue weighted by Gasteiger charge is 2.58. The molecule has 4 nitrogen and oxygen atoms in total. The molecule has 0 aromatic rings. The number of carbonyl (C=O) groups is 1. The van der Waals surface area contributed by atoms with Crippen LogP contribution in [0.25, 0.3) is 0 Å². The summed E-state index contributed by atoms with van der Waals surface area (Å²) in [6.07, 6.45) is 8.46. The highest BCUT2D eigenvalue weighted by atomic mass is 16.2. The molecule has 1 spiro atoms. The maximum absolute atomic E-state index is 12.6. The Morgan fingerprint density at radius 1 is 1.37 bits per heavy atom. The molecule has 1 saturated carbocycles. The molecule has 0 bridgehead atoms. The van der Waals surface area contributed by atoms with Gasteiger partial charge in [0.15, 0.2) is 0 Å². The second-order valence-corrected chi connectivity index (χ2v) is 6.62. The molecule has 1 amide bonds. The summed E-state index contributed by atoms with van der Waals surface area (Å²) in [5.41, 5.74) is -0.146. The molecule has 1 N–H and O–H groups in total. The lowest BCUT2D eigenvalue weighted by Gasteiger charge is -2.36. The first-order valence-corrected chi connectivity index (χ1v) is 7.95. The van der Waals surface area contributed by atoms with E-state index in [1.165, 1.54) is 25.8 Å². The molecule has 108 valence electrons. The Kier molecular flexibility index (Phi) is 3.56. The van der Waals surface area contributed by atoms with Gasteiger partial charge >= 0.3 is 0 Å². The smallest absolute Gasteiger partial charge is 0.244 e. The fourth-order valence-corrected chi connectivity index (χ4v) is 3.67. The Balaban J connectivity index is 1.68. The zero-order valence-electron chi connectivity index (χ0n) is 12.3. The van der Waals surface area contributed by atoms with Crippen LogP contribution in [0.3, 0.4) is 0 Å². The van der Waals surface area contributed by atoms with Gasteiger partial charge in [-0.05, 0) is 45.7 Å². The fraction of sp³-hybridized carbons (Fsp3) is 0.933. The molecule has 2 unspecified atom stereocenters. The van der Waals surface area contributed by atoms with E-state index in [0.717, 1.165) is 32.2 Å². The summed E-state index contributed by atoms with van der Waals surface area (Å²) in [6.45, 7) is 4.31. The van der Waals surface area contributed by atoms with Gasteiger partial charge in [-0.2, -0.15) is 0 Å². The van der Waals surface area contributed by atoms with E-state index in [2.05, 4.69) is 29.1 Å². The Morgan fingerprint density at radius 2 is 2.16 bits per heavy atom. The molecule has 1 aliphatic carbocycles. The number of hydrogen-bond acceptors (Lipinski definition) is 3. The predicted molar refractivity (Wildman–Crippen MR) is 75.8 cm³/mol. The van der Waals surface area contributed by atoms with E-state index in [1.807, 2.05) is 0 Å². The molecule has 3 fully saturated rings. The molecule has 2 atom stereocenters. The van der Waals surface area contributed by atoms with Gasteiger partial charge in [-0.25, -0.2) is 0 Å². The van der Waals surface area contributed by atoms with Crippen LogP contribution < -0.4 is 5.32 Å². The number of nitrogens with zero attached hydrogens (tertiary/aromatic N) is 2. The monoisotopic (exact) mass is 265 g/mol. The topological polar surface area (TPSA) is 35.6 Å². The number of carbonyl (C=O) groups excluding carboxylic acids is 1. The highest BCUT2D eigenvalue weighted by molar-refractivity contribution is 5.91. The first kappa shape index (κ1) is 13.4. The predicted octanol–water partition coefficient (Wildman–Crippen LogP) is 1.56. The van der Waals surface area contributed by atoms with Crippen LogP contribution in [0.5, 0.6) is 0 Å². The van der Waals surface area contributed by atoms with E-state index in [4.69, 9.17) is 0 Å². The first-order chi connectivity index (χ1) is 9.16. The van der Waals surface area contributed by atoms with Gasteiger partial charge in [0.25, 0.3) is 0 Å². The zero-order valence-corrected chi connectivity index (χ0v) is 12.3. The van der Waals surface area contributed by atoms with Crippen molar-refractivity contribution in [3.63, 3.8) is 0 Å². The standard InChI is InChI=1S/C15H27N3O/c1-3-6-13-16-15(8-9-15)14(19)18(13)11-12-7-4-5-10-17(12)2/h12-13,16H,3-11H2,1-2H3. The highest BCUT2D eigenvalue weighted by Crippen LogP contribution is 2.43. The SMILES string of the molecule is CCCC1NC2(CC2)C(=O)N1CC1CCCCN1C. The van der Waals surface area contributed by atoms with Gasteiger partial charge in [0.1, 0.15) is 0 Å². The van der Waals surface area contributed by atoms with Crippen LogP contribution in [0.15, 0.2) is 0 Å². The quantitative estimate of drug-likeness (QED) is 0.838. The van der Waals surface area contributed by atoms with Gasteiger partial charge in [0, 0.05) is 12.6 Å². The molecule has 2 aliphatic heterocycles. The van der Waals surface area contributed by atoms with Crippen molar-refractivity contribution in [2.24, 2.45) is 0 Å². The summed E-state index contributed by atoms with van der Waals surface area (Å²) in [5, 5.41) is 3.60. The van der Waals surface area contributed by atoms with Gasteiger partial charge in [0.05, 0.1) is 11.7 Å². The largest absolute Gasteiger partial charge is 0.324 e. The van der Waals surface area contributed by atoms with Gasteiger partial charge < -0.3 is 9.80 Å². The summed E-state index contributed by atoms with van der Waals surface area (Å²) in [7, 11) is 2.21. The number of hydrogen-bond donors (Lipinski definition) is 1. The van der Waals surface area contributed by atoms with Crippen molar-refractivity contribution in [2.45, 2.75) is 69.6 Å². The number of rotatable bonds is 4. The summed E-state index contributed by atoms with van der Waals surface area (Å²) >= 11 is 0. The molecule has 3 rings (SSSR count). The molecule has 19 heavy (non-hydrogen) atoms. The minimum Gasteiger partial charge on any atom is -0.324 e. The number of amides is 1. The van der Waals surface area contributed by atoms with Gasteiger partial charge in [-0.3, -0.25) is 10.1 Å². The summed E-state index contributed by atoms with van der Waals surface area (Å²) < 4.78 is 0. The van der Waals surface area contributed by atoms with E-state index < -0.39 is 0 Å². The normalized spacial score (nSPS) is 34.2. The van der Waals surface area contributed by atoms with Crippen molar-refractivity contribution in [1.29, 1.82) is 0 Å². The third-order valence-electron chi connectivity index (χ3n) is 5.13. The molecule has 0 radical (unpaired) electrons. The molecule has 0 aromatic carbocycles. The Morgan fingerprint density at radius 3 is 2.79 bits per heavy atom. The van der Waals surface area contributed by atoms with E-state index in [1.54, 1.807) is 0 Å². The van der Waals surface area contributed by atoms with E-state index in [0.29, 0.717) is 11.9 Å². The van der Waals surface area contributed by atoms with Gasteiger partial charge in [-0.15, -0.1) is 0 Å². The average Bonchev–Trinajstić information content (AvgIpc) is 3.13. The third kappa shape index (κ3) is 2.40. The van der Waals surface area contributed by atoms with Crippen molar-refractivity contribution >= 4 is 5.91 Å². The van der Waals surface area contributed by atoms with Crippen LogP contribution in [0.1, 0.15) is 51.9 Å². The average molecular weight is 265 g/mol. The second kappa shape index (κ2) is 5.06. The summed E-state index contributed by atoms with van der Waals surface area (Å²) in [5.74, 6) is 0.380. The van der Waals surface area contributed by atoms with E-state index >= 15 is 0 Å². The third-order valence-corrected chi connectivity index (χ3v) is 5.13. The Hall–Kier alpha value is -0.610. The van der Waals surface area contributed by atoms with Gasteiger partial charge in [0.2, 0.25) is 5.91 Å². The lowest BCUT2D eigenvalue weighted by Crippen LogP contribution is -2.48. The number of nitrogens with one attached hydrogen (secondary N) is 1. The van der Waals surface area contributed by atoms with Crippen LogP contribution in [0.2, 0.25) is 0 Å². The van der Waals surface area contributed by atoms with E-state index in [9.17, 15) is 4.79 Å². The Bertz CT molecular complexity index is 353. The minimum atomic E-state index is -0.146. The maximum atomic E-state index is 12.6. The fourth-order valence-electron chi connectivity index (χ4n) is 3.67. The molecule has 2 heterocycles. The molecule has 0 aromatic heterocycles. The van der Waals surface area contributed by atoms with Crippen molar-refractivity contribution in [3.05, 3.63) is 0 Å². The molecule has 3 aliphatic rings. The first-order valence-electron chi connectivity index (χ1n) is 7.95. The van der Waals surface area contributed by atoms with Crippen molar-refractivity contribution in [3.8, 4) is 0 Å². The van der Waals surface area contributed by atoms with Crippen LogP contribution in [0.4, 0.5) is 0 Å². The summed E-state index contributed by atoms with van der Waals surface area (Å²) in [6, 6.07) is 0.563. The summed E-state index contributed by atoms with van der Waals surface area (Å²) in [4.78, 5) is 17.2. The van der Waals surface area contributed by atoms with E-state index in [-0.39, 0.29) is 11.7 Å². The van der Waals surface area contributed by atoms with Crippen molar-refractivity contribution in [2.75, 3.05) is 20.1 Å². The molecular weight excluding hydrogens is 238 g/mol. The van der Waals surface area contributed by atoms with Crippen LogP contribution in [0, 0.1) is 0 Å². The molecule has 4 heteroatoms. The lowest BCUT2D eigenvalue weighted by molar-refractivity contribution is -0.131. The van der Waals surface area contributed by atoms with Crippen LogP contribution >= 0.6 is 0 Å². The zero-order chi connectivity index (χ0) is 13.5. The Labute approximate surface area is 116 Å². The van der Waals surface area contributed by atoms with Crippen molar-refractivity contribution in [1.82, 2.24) is 15.1 Å². The second-order valence-electron chi connectivity index (χ2n) is 6.62. The molecular formula is C15H27N3O. The van der Waals surface area contributed by atoms with Crippen molar-refractivity contribution < 1.29 is 4.79 Å². The molecule has 2 saturated heterocycles. The minimum absolute atomic E-state index is 0.146. The number of piperidine rings is 1. The number of likely N-dealkylation sites (N-methyl/N-ethyl adjacent to an activating group) is 1.